The van der Waals surface area contributed by atoms with Crippen LogP contribution in [-0.4, -0.2) is 24.6 Å². The molecule has 2 rings (SSSR count). The zero-order chi connectivity index (χ0) is 14.0. The molecule has 102 valence electrons. The summed E-state index contributed by atoms with van der Waals surface area (Å²) in [4.78, 5) is 22.7. The van der Waals surface area contributed by atoms with Gasteiger partial charge in [0.15, 0.2) is 0 Å². The van der Waals surface area contributed by atoms with Crippen LogP contribution >= 0.6 is 0 Å². The zero-order valence-corrected chi connectivity index (χ0v) is 11.3. The van der Waals surface area contributed by atoms with Crippen molar-refractivity contribution in [2.24, 2.45) is 0 Å². The molecule has 2 N–H and O–H groups in total. The van der Waals surface area contributed by atoms with Crippen LogP contribution in [0.2, 0.25) is 0 Å². The minimum absolute atomic E-state index is 0.0741. The van der Waals surface area contributed by atoms with Crippen molar-refractivity contribution in [3.8, 4) is 0 Å². The molecule has 1 aliphatic heterocycles. The molecule has 2 amide bonds. The third kappa shape index (κ3) is 3.24. The highest BCUT2D eigenvalue weighted by molar-refractivity contribution is 5.97. The second kappa shape index (κ2) is 4.91. The number of amides is 2. The first-order chi connectivity index (χ1) is 8.86. The highest BCUT2D eigenvalue weighted by atomic mass is 16.6. The Morgan fingerprint density at radius 2 is 1.95 bits per heavy atom. The van der Waals surface area contributed by atoms with Gasteiger partial charge in [-0.15, -0.1) is 0 Å². The van der Waals surface area contributed by atoms with Gasteiger partial charge in [0.25, 0.3) is 5.91 Å². The van der Waals surface area contributed by atoms with Crippen molar-refractivity contribution in [1.82, 2.24) is 5.32 Å². The molecule has 1 aromatic rings. The molecule has 0 aromatic heterocycles. The maximum Gasteiger partial charge on any atom is 0.407 e. The Morgan fingerprint density at radius 3 is 2.42 bits per heavy atom. The van der Waals surface area contributed by atoms with Crippen LogP contribution in [0.3, 0.4) is 0 Å². The van der Waals surface area contributed by atoms with Crippen molar-refractivity contribution in [2.45, 2.75) is 32.2 Å². The smallest absolute Gasteiger partial charge is 0.407 e. The number of alkyl carbamates (subject to hydrolysis) is 1. The normalized spacial score (nSPS) is 18.7. The Balaban J connectivity index is 2.00. The van der Waals surface area contributed by atoms with E-state index < -0.39 is 12.1 Å². The summed E-state index contributed by atoms with van der Waals surface area (Å²) in [6.07, 6.45) is -0.553. The van der Waals surface area contributed by atoms with Gasteiger partial charge < -0.3 is 15.4 Å². The summed E-state index contributed by atoms with van der Waals surface area (Å²) in [7, 11) is 0. The van der Waals surface area contributed by atoms with E-state index in [0.717, 1.165) is 0 Å². The number of carbonyl (C=O) groups is 2. The van der Waals surface area contributed by atoms with Crippen molar-refractivity contribution in [2.75, 3.05) is 11.9 Å². The minimum atomic E-state index is -0.616. The fraction of sp³-hybridized carbons (Fsp3) is 0.429. The zero-order valence-electron chi connectivity index (χ0n) is 11.3. The Morgan fingerprint density at radius 1 is 1.32 bits per heavy atom. The molecule has 1 unspecified atom stereocenters. The number of hydrogen-bond acceptors (Lipinski definition) is 3. The number of rotatable bonds is 2. The molecule has 0 saturated carbocycles. The van der Waals surface area contributed by atoms with E-state index >= 15 is 0 Å². The summed E-state index contributed by atoms with van der Waals surface area (Å²) < 4.78 is 4.68. The highest BCUT2D eigenvalue weighted by Crippen LogP contribution is 2.23. The van der Waals surface area contributed by atoms with E-state index in [2.05, 4.69) is 36.1 Å². The van der Waals surface area contributed by atoms with Crippen LogP contribution in [0.4, 0.5) is 10.5 Å². The number of ether oxygens (including phenoxy) is 1. The first-order valence-electron chi connectivity index (χ1n) is 6.21. The van der Waals surface area contributed by atoms with Gasteiger partial charge in [-0.1, -0.05) is 32.9 Å². The lowest BCUT2D eigenvalue weighted by molar-refractivity contribution is -0.117. The van der Waals surface area contributed by atoms with Crippen LogP contribution < -0.4 is 10.6 Å². The third-order valence-electron chi connectivity index (χ3n) is 3.01. The average Bonchev–Trinajstić information content (AvgIpc) is 2.75. The Hall–Kier alpha value is -2.04. The molecule has 5 nitrogen and oxygen atoms in total. The number of cyclic esters (lactones) is 1. The number of carbonyl (C=O) groups excluding carboxylic acids is 2. The van der Waals surface area contributed by atoms with Crippen LogP contribution in [0, 0.1) is 0 Å². The standard InChI is InChI=1S/C14H18N2O3/c1-14(2,3)9-4-6-10(7-5-9)15-12(17)11-8-19-13(18)16-11/h4-7,11H,8H2,1-3H3,(H,15,17)(H,16,18). The summed E-state index contributed by atoms with van der Waals surface area (Å²) in [6.45, 7) is 6.47. The second-order valence-corrected chi connectivity index (χ2v) is 5.61. The van der Waals surface area contributed by atoms with Gasteiger partial charge in [0.1, 0.15) is 12.6 Å². The second-order valence-electron chi connectivity index (χ2n) is 5.61. The van der Waals surface area contributed by atoms with Gasteiger partial charge in [0.05, 0.1) is 0 Å². The molecule has 0 spiro atoms. The van der Waals surface area contributed by atoms with Gasteiger partial charge in [0, 0.05) is 5.69 Å². The predicted octanol–water partition coefficient (Wildman–Crippen LogP) is 2.03. The van der Waals surface area contributed by atoms with E-state index in [1.54, 1.807) is 0 Å². The Kier molecular flexibility index (Phi) is 3.46. The molecule has 1 aliphatic rings. The summed E-state index contributed by atoms with van der Waals surface area (Å²) >= 11 is 0. The summed E-state index contributed by atoms with van der Waals surface area (Å²) in [5.41, 5.74) is 1.98. The predicted molar refractivity (Wildman–Crippen MR) is 72.0 cm³/mol. The molecule has 0 bridgehead atoms. The minimum Gasteiger partial charge on any atom is -0.447 e. The van der Waals surface area contributed by atoms with Crippen LogP contribution in [0.15, 0.2) is 24.3 Å². The highest BCUT2D eigenvalue weighted by Gasteiger charge is 2.28. The monoisotopic (exact) mass is 262 g/mol. The van der Waals surface area contributed by atoms with Gasteiger partial charge in [-0.3, -0.25) is 4.79 Å². The molecule has 19 heavy (non-hydrogen) atoms. The average molecular weight is 262 g/mol. The van der Waals surface area contributed by atoms with Crippen molar-refractivity contribution >= 4 is 17.7 Å². The van der Waals surface area contributed by atoms with Crippen molar-refractivity contribution in [3.05, 3.63) is 29.8 Å². The Labute approximate surface area is 112 Å². The van der Waals surface area contributed by atoms with Crippen LogP contribution in [0.5, 0.6) is 0 Å². The molecule has 1 fully saturated rings. The largest absolute Gasteiger partial charge is 0.447 e. The quantitative estimate of drug-likeness (QED) is 0.857. The number of benzene rings is 1. The topological polar surface area (TPSA) is 67.4 Å². The lowest BCUT2D eigenvalue weighted by Crippen LogP contribution is -2.38. The van der Waals surface area contributed by atoms with Gasteiger partial charge in [-0.05, 0) is 23.1 Å². The van der Waals surface area contributed by atoms with E-state index in [0.29, 0.717) is 5.69 Å². The lowest BCUT2D eigenvalue weighted by atomic mass is 9.87. The van der Waals surface area contributed by atoms with E-state index in [9.17, 15) is 9.59 Å². The molecule has 1 saturated heterocycles. The van der Waals surface area contributed by atoms with Crippen molar-refractivity contribution in [3.63, 3.8) is 0 Å². The third-order valence-corrected chi connectivity index (χ3v) is 3.01. The molecule has 1 heterocycles. The van der Waals surface area contributed by atoms with Crippen LogP contribution in [0.1, 0.15) is 26.3 Å². The summed E-state index contributed by atoms with van der Waals surface area (Å²) in [5, 5.41) is 5.19. The van der Waals surface area contributed by atoms with E-state index in [1.807, 2.05) is 24.3 Å². The molecular formula is C14H18N2O3. The number of nitrogens with one attached hydrogen (secondary N) is 2. The SMILES string of the molecule is CC(C)(C)c1ccc(NC(=O)C2COC(=O)N2)cc1. The van der Waals surface area contributed by atoms with Gasteiger partial charge in [0.2, 0.25) is 0 Å². The fourth-order valence-electron chi connectivity index (χ4n) is 1.81. The van der Waals surface area contributed by atoms with Gasteiger partial charge in [-0.2, -0.15) is 0 Å². The first-order valence-corrected chi connectivity index (χ1v) is 6.21. The van der Waals surface area contributed by atoms with E-state index in [4.69, 9.17) is 0 Å². The van der Waals surface area contributed by atoms with Crippen molar-refractivity contribution in [1.29, 1.82) is 0 Å². The molecule has 5 heteroatoms. The molecule has 1 aromatic carbocycles. The first kappa shape index (κ1) is 13.4. The number of anilines is 1. The maximum absolute atomic E-state index is 11.8. The fourth-order valence-corrected chi connectivity index (χ4v) is 1.81. The van der Waals surface area contributed by atoms with Gasteiger partial charge in [-0.25, -0.2) is 4.79 Å². The summed E-state index contributed by atoms with van der Waals surface area (Å²) in [5.74, 6) is -0.269. The van der Waals surface area contributed by atoms with Crippen LogP contribution in [0.25, 0.3) is 0 Å². The lowest BCUT2D eigenvalue weighted by Gasteiger charge is -2.19. The van der Waals surface area contributed by atoms with Crippen LogP contribution in [-0.2, 0) is 14.9 Å². The molecule has 1 atom stereocenters. The summed E-state index contributed by atoms with van der Waals surface area (Å²) in [6, 6.07) is 7.07. The maximum atomic E-state index is 11.8. The van der Waals surface area contributed by atoms with Gasteiger partial charge >= 0.3 is 6.09 Å². The Bertz CT molecular complexity index is 488. The van der Waals surface area contributed by atoms with E-state index in [1.165, 1.54) is 5.56 Å². The number of hydrogen-bond donors (Lipinski definition) is 2. The molecule has 0 aliphatic carbocycles. The van der Waals surface area contributed by atoms with Crippen molar-refractivity contribution < 1.29 is 14.3 Å². The van der Waals surface area contributed by atoms with E-state index in [-0.39, 0.29) is 17.9 Å². The molecular weight excluding hydrogens is 244 g/mol. The molecule has 0 radical (unpaired) electrons.